The standard InChI is InChI=1S/C25H26ClN3O2/c1-28-12-14-29(15-13-28)24-11-10-21(26)17-23(24)27-25(30)20-8-5-9-22(16-20)31-18-19-6-3-2-4-7-19/h2-11,16-17H,12-15,18H2,1H3,(H,27,30). The number of nitrogens with zero attached hydrogens (tertiary/aromatic N) is 2. The minimum absolute atomic E-state index is 0.192. The van der Waals surface area contributed by atoms with Crippen molar-refractivity contribution in [3.8, 4) is 5.75 Å². The molecule has 1 fully saturated rings. The summed E-state index contributed by atoms with van der Waals surface area (Å²) in [5.74, 6) is 0.463. The Hall–Kier alpha value is -3.02. The minimum Gasteiger partial charge on any atom is -0.489 e. The van der Waals surface area contributed by atoms with Crippen LogP contribution in [-0.2, 0) is 6.61 Å². The highest BCUT2D eigenvalue weighted by atomic mass is 35.5. The molecule has 1 aliphatic heterocycles. The summed E-state index contributed by atoms with van der Waals surface area (Å²) in [5.41, 5.74) is 3.32. The maximum atomic E-state index is 13.0. The first kappa shape index (κ1) is 21.2. The number of nitrogens with one attached hydrogen (secondary N) is 1. The molecule has 31 heavy (non-hydrogen) atoms. The first-order valence-corrected chi connectivity index (χ1v) is 10.8. The first-order chi connectivity index (χ1) is 15.1. The Labute approximate surface area is 188 Å². The molecule has 1 saturated heterocycles. The molecule has 1 amide bonds. The lowest BCUT2D eigenvalue weighted by atomic mass is 10.1. The zero-order chi connectivity index (χ0) is 21.6. The van der Waals surface area contributed by atoms with Crippen LogP contribution in [0.5, 0.6) is 5.75 Å². The van der Waals surface area contributed by atoms with E-state index >= 15 is 0 Å². The van der Waals surface area contributed by atoms with Crippen molar-refractivity contribution in [3.05, 3.63) is 88.9 Å². The molecule has 160 valence electrons. The molecule has 1 aliphatic rings. The summed E-state index contributed by atoms with van der Waals surface area (Å²) >= 11 is 6.24. The summed E-state index contributed by atoms with van der Waals surface area (Å²) in [7, 11) is 2.12. The molecule has 4 rings (SSSR count). The molecule has 0 spiro atoms. The highest BCUT2D eigenvalue weighted by Crippen LogP contribution is 2.30. The topological polar surface area (TPSA) is 44.8 Å². The van der Waals surface area contributed by atoms with Gasteiger partial charge in [0.05, 0.1) is 11.4 Å². The van der Waals surface area contributed by atoms with E-state index < -0.39 is 0 Å². The largest absolute Gasteiger partial charge is 0.489 e. The third kappa shape index (κ3) is 5.57. The Balaban J connectivity index is 1.47. The quantitative estimate of drug-likeness (QED) is 0.596. The average molecular weight is 436 g/mol. The smallest absolute Gasteiger partial charge is 0.255 e. The van der Waals surface area contributed by atoms with E-state index in [1.54, 1.807) is 12.1 Å². The maximum absolute atomic E-state index is 13.0. The van der Waals surface area contributed by atoms with Gasteiger partial charge < -0.3 is 19.9 Å². The second-order valence-corrected chi connectivity index (χ2v) is 8.14. The van der Waals surface area contributed by atoms with Crippen molar-refractivity contribution in [1.29, 1.82) is 0 Å². The van der Waals surface area contributed by atoms with E-state index in [0.717, 1.165) is 43.1 Å². The predicted octanol–water partition coefficient (Wildman–Crippen LogP) is 4.92. The van der Waals surface area contributed by atoms with E-state index in [2.05, 4.69) is 22.2 Å². The van der Waals surface area contributed by atoms with Gasteiger partial charge in [-0.3, -0.25) is 4.79 Å². The van der Waals surface area contributed by atoms with E-state index in [1.165, 1.54) is 0 Å². The number of carbonyl (C=O) groups is 1. The van der Waals surface area contributed by atoms with Gasteiger partial charge in [0.15, 0.2) is 0 Å². The lowest BCUT2D eigenvalue weighted by Gasteiger charge is -2.35. The molecular weight excluding hydrogens is 410 g/mol. The van der Waals surface area contributed by atoms with Crippen molar-refractivity contribution in [3.63, 3.8) is 0 Å². The number of hydrogen-bond donors (Lipinski definition) is 1. The molecule has 6 heteroatoms. The molecular formula is C25H26ClN3O2. The lowest BCUT2D eigenvalue weighted by Crippen LogP contribution is -2.44. The van der Waals surface area contributed by atoms with E-state index in [-0.39, 0.29) is 5.91 Å². The van der Waals surface area contributed by atoms with Crippen LogP contribution < -0.4 is 15.0 Å². The summed E-state index contributed by atoms with van der Waals surface area (Å²) < 4.78 is 5.87. The van der Waals surface area contributed by atoms with Crippen molar-refractivity contribution in [1.82, 2.24) is 4.90 Å². The monoisotopic (exact) mass is 435 g/mol. The van der Waals surface area contributed by atoms with Crippen molar-refractivity contribution < 1.29 is 9.53 Å². The summed E-state index contributed by atoms with van der Waals surface area (Å²) in [4.78, 5) is 17.6. The molecule has 0 saturated carbocycles. The molecule has 0 unspecified atom stereocenters. The van der Waals surface area contributed by atoms with Crippen LogP contribution in [0.4, 0.5) is 11.4 Å². The molecule has 0 atom stereocenters. The average Bonchev–Trinajstić information content (AvgIpc) is 2.79. The second kappa shape index (κ2) is 9.86. The fourth-order valence-electron chi connectivity index (χ4n) is 3.59. The van der Waals surface area contributed by atoms with E-state index in [1.807, 2.05) is 60.7 Å². The Morgan fingerprint density at radius 1 is 0.968 bits per heavy atom. The van der Waals surface area contributed by atoms with Gasteiger partial charge in [-0.1, -0.05) is 48.0 Å². The van der Waals surface area contributed by atoms with E-state index in [9.17, 15) is 4.79 Å². The van der Waals surface area contributed by atoms with Gasteiger partial charge in [0.2, 0.25) is 0 Å². The van der Waals surface area contributed by atoms with Gasteiger partial charge in [-0.15, -0.1) is 0 Å². The van der Waals surface area contributed by atoms with Crippen LogP contribution in [0.2, 0.25) is 5.02 Å². The zero-order valence-electron chi connectivity index (χ0n) is 17.6. The van der Waals surface area contributed by atoms with Crippen LogP contribution in [0.1, 0.15) is 15.9 Å². The van der Waals surface area contributed by atoms with Gasteiger partial charge in [0.1, 0.15) is 12.4 Å². The zero-order valence-corrected chi connectivity index (χ0v) is 18.3. The van der Waals surface area contributed by atoms with Crippen molar-refractivity contribution in [2.24, 2.45) is 0 Å². The highest BCUT2D eigenvalue weighted by molar-refractivity contribution is 6.31. The Morgan fingerprint density at radius 2 is 1.74 bits per heavy atom. The van der Waals surface area contributed by atoms with Crippen LogP contribution in [0.25, 0.3) is 0 Å². The Bertz CT molecular complexity index is 1030. The maximum Gasteiger partial charge on any atom is 0.255 e. The third-order valence-corrected chi connectivity index (χ3v) is 5.63. The minimum atomic E-state index is -0.192. The van der Waals surface area contributed by atoms with Gasteiger partial charge >= 0.3 is 0 Å². The number of carbonyl (C=O) groups excluding carboxylic acids is 1. The first-order valence-electron chi connectivity index (χ1n) is 10.4. The number of amides is 1. The molecule has 3 aromatic carbocycles. The van der Waals surface area contributed by atoms with Gasteiger partial charge in [-0.2, -0.15) is 0 Å². The van der Waals surface area contributed by atoms with Gasteiger partial charge in [-0.25, -0.2) is 0 Å². The lowest BCUT2D eigenvalue weighted by molar-refractivity contribution is 0.102. The number of piperazine rings is 1. The van der Waals surface area contributed by atoms with Gasteiger partial charge in [0, 0.05) is 36.8 Å². The SMILES string of the molecule is CN1CCN(c2ccc(Cl)cc2NC(=O)c2cccc(OCc3ccccc3)c2)CC1. The molecule has 3 aromatic rings. The van der Waals surface area contributed by atoms with Crippen molar-refractivity contribution in [2.75, 3.05) is 43.4 Å². The number of ether oxygens (including phenoxy) is 1. The number of benzene rings is 3. The van der Waals surface area contributed by atoms with Gasteiger partial charge in [-0.05, 0) is 49.0 Å². The van der Waals surface area contributed by atoms with Crippen molar-refractivity contribution in [2.45, 2.75) is 6.61 Å². The number of likely N-dealkylation sites (N-methyl/N-ethyl adjacent to an activating group) is 1. The predicted molar refractivity (Wildman–Crippen MR) is 126 cm³/mol. The summed E-state index contributed by atoms with van der Waals surface area (Å²) in [5, 5.41) is 3.63. The molecule has 1 heterocycles. The van der Waals surface area contributed by atoms with Gasteiger partial charge in [0.25, 0.3) is 5.91 Å². The fraction of sp³-hybridized carbons (Fsp3) is 0.240. The molecule has 1 N–H and O–H groups in total. The molecule has 5 nitrogen and oxygen atoms in total. The summed E-state index contributed by atoms with van der Waals surface area (Å²) in [6.45, 7) is 4.23. The highest BCUT2D eigenvalue weighted by Gasteiger charge is 2.19. The summed E-state index contributed by atoms with van der Waals surface area (Å²) in [6, 6.07) is 22.8. The number of anilines is 2. The Morgan fingerprint density at radius 3 is 2.52 bits per heavy atom. The molecule has 0 aliphatic carbocycles. The van der Waals surface area contributed by atoms with Crippen molar-refractivity contribution >= 4 is 28.9 Å². The third-order valence-electron chi connectivity index (χ3n) is 5.40. The van der Waals surface area contributed by atoms with Crippen LogP contribution in [0.3, 0.4) is 0 Å². The fourth-order valence-corrected chi connectivity index (χ4v) is 3.77. The van der Waals surface area contributed by atoms with E-state index in [0.29, 0.717) is 22.9 Å². The van der Waals surface area contributed by atoms with Crippen LogP contribution in [-0.4, -0.2) is 44.0 Å². The molecule has 0 radical (unpaired) electrons. The number of halogens is 1. The Kier molecular flexibility index (Phi) is 6.75. The number of hydrogen-bond acceptors (Lipinski definition) is 4. The van der Waals surface area contributed by atoms with Crippen LogP contribution >= 0.6 is 11.6 Å². The van der Waals surface area contributed by atoms with Crippen LogP contribution in [0, 0.1) is 0 Å². The van der Waals surface area contributed by atoms with Crippen LogP contribution in [0.15, 0.2) is 72.8 Å². The normalized spacial score (nSPS) is 14.3. The summed E-state index contributed by atoms with van der Waals surface area (Å²) in [6.07, 6.45) is 0. The molecule has 0 bridgehead atoms. The molecule has 0 aromatic heterocycles. The van der Waals surface area contributed by atoms with E-state index in [4.69, 9.17) is 16.3 Å². The number of rotatable bonds is 6. The second-order valence-electron chi connectivity index (χ2n) is 7.71.